The first-order valence-electron chi connectivity index (χ1n) is 10.4. The molecule has 0 aliphatic rings. The van der Waals surface area contributed by atoms with Gasteiger partial charge in [0.2, 0.25) is 5.95 Å². The van der Waals surface area contributed by atoms with Gasteiger partial charge in [-0.3, -0.25) is 4.98 Å². The monoisotopic (exact) mass is 472 g/mol. The molecule has 2 heterocycles. The van der Waals surface area contributed by atoms with Gasteiger partial charge in [-0.2, -0.15) is 0 Å². The Kier molecular flexibility index (Phi) is 6.49. The summed E-state index contributed by atoms with van der Waals surface area (Å²) in [7, 11) is 5.10. The molecule has 10 heteroatoms. The van der Waals surface area contributed by atoms with E-state index in [1.165, 1.54) is 18.2 Å². The molecule has 0 aliphatic carbocycles. The average molecular weight is 472 g/mol. The molecular weight excluding hydrogens is 449 g/mol. The molecule has 0 unspecified atom stereocenters. The minimum atomic E-state index is -4.76. The van der Waals surface area contributed by atoms with E-state index in [1.54, 1.807) is 32.5 Å². The van der Waals surface area contributed by atoms with E-state index in [9.17, 15) is 13.2 Å². The molecule has 0 saturated heterocycles. The summed E-state index contributed by atoms with van der Waals surface area (Å²) in [5, 5.41) is 3.32. The maximum atomic E-state index is 12.6. The van der Waals surface area contributed by atoms with E-state index < -0.39 is 6.36 Å². The summed E-state index contributed by atoms with van der Waals surface area (Å²) in [6, 6.07) is 13.1. The Morgan fingerprint density at radius 1 is 1.00 bits per heavy atom. The van der Waals surface area contributed by atoms with Crippen LogP contribution in [0.15, 0.2) is 54.7 Å². The van der Waals surface area contributed by atoms with Crippen molar-refractivity contribution in [2.75, 3.05) is 26.1 Å². The Bertz CT molecular complexity index is 1300. The molecule has 7 nitrogen and oxygen atoms in total. The third-order valence-electron chi connectivity index (χ3n) is 5.30. The van der Waals surface area contributed by atoms with Gasteiger partial charge >= 0.3 is 6.36 Å². The standard InChI is InChI=1S/C24H23F3N4O3/c1-31-21-13-19(15-5-4-6-18(11-15)34-24(25,26)27)29-14-20(21)30-23(31)28-10-9-16-12-17(32-2)7-8-22(16)33-3/h4-8,11-14H,9-10H2,1-3H3,(H,28,30). The van der Waals surface area contributed by atoms with E-state index in [1.807, 2.05) is 29.8 Å². The maximum Gasteiger partial charge on any atom is 0.573 e. The van der Waals surface area contributed by atoms with Crippen LogP contribution in [0.3, 0.4) is 0 Å². The molecule has 0 amide bonds. The first-order valence-corrected chi connectivity index (χ1v) is 10.4. The second kappa shape index (κ2) is 9.50. The molecule has 0 saturated carbocycles. The summed E-state index contributed by atoms with van der Waals surface area (Å²) in [4.78, 5) is 8.95. The van der Waals surface area contributed by atoms with Crippen molar-refractivity contribution in [2.24, 2.45) is 7.05 Å². The third kappa shape index (κ3) is 5.16. The van der Waals surface area contributed by atoms with Crippen LogP contribution in [0.1, 0.15) is 5.56 Å². The summed E-state index contributed by atoms with van der Waals surface area (Å²) in [6.07, 6.45) is -2.48. The summed E-state index contributed by atoms with van der Waals surface area (Å²) < 4.78 is 54.3. The quantitative estimate of drug-likeness (QED) is 0.380. The van der Waals surface area contributed by atoms with E-state index in [0.29, 0.717) is 35.7 Å². The number of rotatable bonds is 8. The molecule has 178 valence electrons. The van der Waals surface area contributed by atoms with Crippen LogP contribution in [0.5, 0.6) is 17.2 Å². The Hall–Kier alpha value is -3.95. The molecule has 4 aromatic rings. The lowest BCUT2D eigenvalue weighted by Crippen LogP contribution is -2.17. The van der Waals surface area contributed by atoms with E-state index >= 15 is 0 Å². The van der Waals surface area contributed by atoms with Crippen molar-refractivity contribution >= 4 is 17.0 Å². The molecule has 0 fully saturated rings. The van der Waals surface area contributed by atoms with Gasteiger partial charge in [0.25, 0.3) is 0 Å². The number of nitrogens with zero attached hydrogens (tertiary/aromatic N) is 3. The second-order valence-electron chi connectivity index (χ2n) is 7.48. The number of benzene rings is 2. The molecule has 4 rings (SSSR count). The Morgan fingerprint density at radius 3 is 2.56 bits per heavy atom. The number of aromatic nitrogens is 3. The highest BCUT2D eigenvalue weighted by molar-refractivity contribution is 5.82. The van der Waals surface area contributed by atoms with Crippen molar-refractivity contribution in [3.63, 3.8) is 0 Å². The lowest BCUT2D eigenvalue weighted by molar-refractivity contribution is -0.274. The summed E-state index contributed by atoms with van der Waals surface area (Å²) in [5.41, 5.74) is 3.46. The zero-order valence-electron chi connectivity index (χ0n) is 18.8. The highest BCUT2D eigenvalue weighted by atomic mass is 19.4. The fourth-order valence-corrected chi connectivity index (χ4v) is 3.65. The number of ether oxygens (including phenoxy) is 3. The van der Waals surface area contributed by atoms with Crippen molar-refractivity contribution in [1.82, 2.24) is 14.5 Å². The van der Waals surface area contributed by atoms with Crippen LogP contribution in [0.4, 0.5) is 19.1 Å². The van der Waals surface area contributed by atoms with E-state index in [2.05, 4.69) is 20.0 Å². The van der Waals surface area contributed by atoms with Gasteiger partial charge < -0.3 is 24.1 Å². The number of pyridine rings is 1. The van der Waals surface area contributed by atoms with E-state index in [0.717, 1.165) is 22.6 Å². The van der Waals surface area contributed by atoms with Gasteiger partial charge in [0, 0.05) is 19.2 Å². The van der Waals surface area contributed by atoms with Gasteiger partial charge in [0.05, 0.1) is 31.6 Å². The molecule has 1 N–H and O–H groups in total. The third-order valence-corrected chi connectivity index (χ3v) is 5.30. The Balaban J connectivity index is 1.52. The minimum Gasteiger partial charge on any atom is -0.497 e. The Morgan fingerprint density at radius 2 is 1.82 bits per heavy atom. The second-order valence-corrected chi connectivity index (χ2v) is 7.48. The van der Waals surface area contributed by atoms with Crippen LogP contribution in [-0.4, -0.2) is 41.7 Å². The number of fused-ring (bicyclic) bond motifs is 1. The largest absolute Gasteiger partial charge is 0.573 e. The predicted octanol–water partition coefficient (Wildman–Crippen LogP) is 5.21. The van der Waals surface area contributed by atoms with Gasteiger partial charge in [-0.1, -0.05) is 12.1 Å². The average Bonchev–Trinajstić information content (AvgIpc) is 3.13. The fourth-order valence-electron chi connectivity index (χ4n) is 3.65. The molecule has 0 atom stereocenters. The highest BCUT2D eigenvalue weighted by Gasteiger charge is 2.31. The number of halogens is 3. The lowest BCUT2D eigenvalue weighted by atomic mass is 10.1. The number of anilines is 1. The normalized spacial score (nSPS) is 11.5. The van der Waals surface area contributed by atoms with Crippen LogP contribution >= 0.6 is 0 Å². The number of alkyl halides is 3. The minimum absolute atomic E-state index is 0.299. The number of imidazole rings is 1. The zero-order chi connectivity index (χ0) is 24.3. The molecule has 2 aromatic carbocycles. The van der Waals surface area contributed by atoms with Gasteiger partial charge in [0.1, 0.15) is 22.8 Å². The number of methoxy groups -OCH3 is 2. The molecule has 0 radical (unpaired) electrons. The Labute approximate surface area is 194 Å². The number of hydrogen-bond acceptors (Lipinski definition) is 6. The van der Waals surface area contributed by atoms with Crippen molar-refractivity contribution in [3.05, 3.63) is 60.3 Å². The fraction of sp³-hybridized carbons (Fsp3) is 0.250. The van der Waals surface area contributed by atoms with Gasteiger partial charge in [0.15, 0.2) is 0 Å². The molecule has 0 bridgehead atoms. The number of nitrogens with one attached hydrogen (secondary N) is 1. The number of aryl methyl sites for hydroxylation is 1. The van der Waals surface area contributed by atoms with Crippen molar-refractivity contribution < 1.29 is 27.4 Å². The molecule has 0 aliphatic heterocycles. The van der Waals surface area contributed by atoms with Gasteiger partial charge in [-0.15, -0.1) is 13.2 Å². The zero-order valence-corrected chi connectivity index (χ0v) is 18.8. The van der Waals surface area contributed by atoms with Crippen molar-refractivity contribution in [3.8, 4) is 28.5 Å². The summed E-state index contributed by atoms with van der Waals surface area (Å²) in [6.45, 7) is 0.595. The maximum absolute atomic E-state index is 12.6. The number of hydrogen-bond donors (Lipinski definition) is 1. The highest BCUT2D eigenvalue weighted by Crippen LogP contribution is 2.29. The van der Waals surface area contributed by atoms with Crippen molar-refractivity contribution in [1.29, 1.82) is 0 Å². The molecule has 0 spiro atoms. The first-order chi connectivity index (χ1) is 16.3. The SMILES string of the molecule is COc1ccc(OC)c(CCNc2nc3cnc(-c4cccc(OC(F)(F)F)c4)cc3n2C)c1. The van der Waals surface area contributed by atoms with Crippen LogP contribution in [-0.2, 0) is 13.5 Å². The predicted molar refractivity (Wildman–Crippen MR) is 122 cm³/mol. The molecule has 2 aromatic heterocycles. The summed E-state index contributed by atoms with van der Waals surface area (Å²) >= 11 is 0. The topological polar surface area (TPSA) is 70.4 Å². The van der Waals surface area contributed by atoms with Crippen LogP contribution in [0.25, 0.3) is 22.3 Å². The smallest absolute Gasteiger partial charge is 0.497 e. The van der Waals surface area contributed by atoms with Crippen LogP contribution in [0, 0.1) is 0 Å². The van der Waals surface area contributed by atoms with E-state index in [4.69, 9.17) is 9.47 Å². The van der Waals surface area contributed by atoms with Crippen molar-refractivity contribution in [2.45, 2.75) is 12.8 Å². The molecular formula is C24H23F3N4O3. The first kappa shape index (κ1) is 23.2. The summed E-state index contributed by atoms with van der Waals surface area (Å²) in [5.74, 6) is 1.87. The lowest BCUT2D eigenvalue weighted by Gasteiger charge is -2.11. The van der Waals surface area contributed by atoms with Gasteiger partial charge in [-0.25, -0.2) is 4.98 Å². The molecule has 34 heavy (non-hydrogen) atoms. The van der Waals surface area contributed by atoms with Crippen LogP contribution < -0.4 is 19.5 Å². The van der Waals surface area contributed by atoms with Gasteiger partial charge in [-0.05, 0) is 48.4 Å². The van der Waals surface area contributed by atoms with Crippen LogP contribution in [0.2, 0.25) is 0 Å². The van der Waals surface area contributed by atoms with E-state index in [-0.39, 0.29) is 5.75 Å².